The fourth-order valence-electron chi connectivity index (χ4n) is 2.84. The molecule has 2 aliphatic rings. The Bertz CT molecular complexity index is 509. The Labute approximate surface area is 118 Å². The Morgan fingerprint density at radius 2 is 2.11 bits per heavy atom. The lowest BCUT2D eigenvalue weighted by atomic mass is 10.1. The number of hydrogen-bond acceptors (Lipinski definition) is 6. The highest BCUT2D eigenvalue weighted by molar-refractivity contribution is 8.01. The van der Waals surface area contributed by atoms with Gasteiger partial charge in [0.05, 0.1) is 5.75 Å². The Morgan fingerprint density at radius 1 is 1.37 bits per heavy atom. The highest BCUT2D eigenvalue weighted by Crippen LogP contribution is 2.57. The quantitative estimate of drug-likeness (QED) is 0.635. The number of carboxylic acid groups (broad SMARTS) is 1. The van der Waals surface area contributed by atoms with Crippen LogP contribution in [-0.2, 0) is 9.59 Å². The van der Waals surface area contributed by atoms with Crippen LogP contribution in [0.5, 0.6) is 0 Å². The zero-order valence-electron chi connectivity index (χ0n) is 10.0. The molecule has 19 heavy (non-hydrogen) atoms. The lowest BCUT2D eigenvalue weighted by Crippen LogP contribution is -2.16. The van der Waals surface area contributed by atoms with Gasteiger partial charge in [-0.05, 0) is 24.7 Å². The van der Waals surface area contributed by atoms with Gasteiger partial charge in [0.25, 0.3) is 0 Å². The van der Waals surface area contributed by atoms with Gasteiger partial charge in [-0.25, -0.2) is 0 Å². The molecule has 0 saturated heterocycles. The fraction of sp³-hybridized carbons (Fsp3) is 0.636. The summed E-state index contributed by atoms with van der Waals surface area (Å²) < 4.78 is 0.564. The average Bonchev–Trinajstić information content (AvgIpc) is 2.77. The van der Waals surface area contributed by atoms with E-state index >= 15 is 0 Å². The summed E-state index contributed by atoms with van der Waals surface area (Å²) in [5.74, 6) is 0.419. The minimum atomic E-state index is -0.892. The van der Waals surface area contributed by atoms with Gasteiger partial charge in [-0.3, -0.25) is 9.59 Å². The lowest BCUT2D eigenvalue weighted by Gasteiger charge is -2.02. The number of nitrogens with zero attached hydrogens (tertiary/aromatic N) is 2. The second kappa shape index (κ2) is 5.09. The summed E-state index contributed by atoms with van der Waals surface area (Å²) in [5.41, 5.74) is 0. The molecule has 2 atom stereocenters. The van der Waals surface area contributed by atoms with E-state index in [2.05, 4.69) is 15.5 Å². The first-order chi connectivity index (χ1) is 9.15. The van der Waals surface area contributed by atoms with Gasteiger partial charge >= 0.3 is 5.97 Å². The predicted octanol–water partition coefficient (Wildman–Crippen LogP) is 1.70. The third-order valence-corrected chi connectivity index (χ3v) is 5.62. The van der Waals surface area contributed by atoms with Crippen LogP contribution in [0, 0.1) is 17.8 Å². The Balaban J connectivity index is 1.52. The molecule has 2 saturated carbocycles. The molecule has 6 nitrogen and oxygen atoms in total. The molecule has 2 fully saturated rings. The SMILES string of the molecule is O=C(O)CSc1nnc(NC(=O)C2C3CCCC32)s1. The number of aliphatic carboxylic acids is 1. The topological polar surface area (TPSA) is 92.2 Å². The zero-order valence-corrected chi connectivity index (χ0v) is 11.7. The van der Waals surface area contributed by atoms with E-state index < -0.39 is 5.97 Å². The number of amides is 1. The molecular formula is C11H13N3O3S2. The zero-order chi connectivity index (χ0) is 13.4. The molecule has 1 heterocycles. The van der Waals surface area contributed by atoms with Gasteiger partial charge in [-0.15, -0.1) is 10.2 Å². The molecule has 8 heteroatoms. The number of thioether (sulfide) groups is 1. The van der Waals surface area contributed by atoms with Crippen molar-refractivity contribution in [3.8, 4) is 0 Å². The van der Waals surface area contributed by atoms with E-state index in [0.717, 1.165) is 11.8 Å². The van der Waals surface area contributed by atoms with Crippen LogP contribution in [-0.4, -0.2) is 32.9 Å². The average molecular weight is 299 g/mol. The molecule has 102 valence electrons. The van der Waals surface area contributed by atoms with Crippen molar-refractivity contribution in [2.24, 2.45) is 17.8 Å². The Kier molecular flexibility index (Phi) is 3.44. The number of carboxylic acids is 1. The van der Waals surface area contributed by atoms with Crippen molar-refractivity contribution in [1.82, 2.24) is 10.2 Å². The smallest absolute Gasteiger partial charge is 0.313 e. The van der Waals surface area contributed by atoms with E-state index in [4.69, 9.17) is 5.11 Å². The predicted molar refractivity (Wildman–Crippen MR) is 71.2 cm³/mol. The minimum absolute atomic E-state index is 0.0423. The normalized spacial score (nSPS) is 27.9. The van der Waals surface area contributed by atoms with Crippen molar-refractivity contribution in [1.29, 1.82) is 0 Å². The molecule has 1 aromatic heterocycles. The van der Waals surface area contributed by atoms with Gasteiger partial charge in [-0.1, -0.05) is 29.5 Å². The van der Waals surface area contributed by atoms with E-state index in [0.29, 0.717) is 21.3 Å². The van der Waals surface area contributed by atoms with Crippen molar-refractivity contribution in [3.05, 3.63) is 0 Å². The molecule has 2 N–H and O–H groups in total. The Morgan fingerprint density at radius 3 is 2.79 bits per heavy atom. The monoisotopic (exact) mass is 299 g/mol. The summed E-state index contributed by atoms with van der Waals surface area (Å²) in [6, 6.07) is 0. The first-order valence-corrected chi connectivity index (χ1v) is 7.94. The largest absolute Gasteiger partial charge is 0.481 e. The highest BCUT2D eigenvalue weighted by Gasteiger charge is 2.56. The second-order valence-electron chi connectivity index (χ2n) is 4.83. The maximum atomic E-state index is 12.0. The molecule has 0 spiro atoms. The molecule has 2 aliphatic carbocycles. The van der Waals surface area contributed by atoms with E-state index in [1.807, 2.05) is 0 Å². The summed E-state index contributed by atoms with van der Waals surface area (Å²) in [6.07, 6.45) is 3.57. The number of hydrogen-bond donors (Lipinski definition) is 2. The minimum Gasteiger partial charge on any atom is -0.481 e. The van der Waals surface area contributed by atoms with Gasteiger partial charge < -0.3 is 10.4 Å². The number of aromatic nitrogens is 2. The standard InChI is InChI=1S/C11H13N3O3S2/c15-7(16)4-18-11-14-13-10(19-11)12-9(17)8-5-2-1-3-6(5)8/h5-6,8H,1-4H2,(H,15,16)(H,12,13,17). The molecular weight excluding hydrogens is 286 g/mol. The third-order valence-electron chi connectivity index (χ3n) is 3.66. The van der Waals surface area contributed by atoms with Crippen LogP contribution < -0.4 is 5.32 Å². The van der Waals surface area contributed by atoms with E-state index in [-0.39, 0.29) is 17.6 Å². The van der Waals surface area contributed by atoms with Gasteiger partial charge in [-0.2, -0.15) is 0 Å². The number of anilines is 1. The fourth-order valence-corrected chi connectivity index (χ4v) is 4.32. The van der Waals surface area contributed by atoms with Crippen molar-refractivity contribution in [2.75, 3.05) is 11.1 Å². The summed E-state index contributed by atoms with van der Waals surface area (Å²) in [4.78, 5) is 22.4. The molecule has 1 amide bonds. The van der Waals surface area contributed by atoms with Crippen molar-refractivity contribution in [3.63, 3.8) is 0 Å². The number of fused-ring (bicyclic) bond motifs is 1. The highest BCUT2D eigenvalue weighted by atomic mass is 32.2. The first-order valence-electron chi connectivity index (χ1n) is 6.14. The van der Waals surface area contributed by atoms with Crippen molar-refractivity contribution >= 4 is 40.1 Å². The molecule has 0 bridgehead atoms. The van der Waals surface area contributed by atoms with Crippen molar-refractivity contribution < 1.29 is 14.7 Å². The molecule has 0 radical (unpaired) electrons. The number of rotatable bonds is 5. The molecule has 0 aliphatic heterocycles. The molecule has 1 aromatic rings. The maximum Gasteiger partial charge on any atom is 0.313 e. The van der Waals surface area contributed by atoms with Gasteiger partial charge in [0.2, 0.25) is 11.0 Å². The van der Waals surface area contributed by atoms with E-state index in [9.17, 15) is 9.59 Å². The van der Waals surface area contributed by atoms with E-state index in [1.54, 1.807) is 0 Å². The lowest BCUT2D eigenvalue weighted by molar-refractivity contribution is -0.133. The molecule has 0 aromatic carbocycles. The number of nitrogens with one attached hydrogen (secondary N) is 1. The summed E-state index contributed by atoms with van der Waals surface area (Å²) >= 11 is 2.33. The van der Waals surface area contributed by atoms with Crippen LogP contribution in [0.25, 0.3) is 0 Å². The van der Waals surface area contributed by atoms with Crippen LogP contribution in [0.2, 0.25) is 0 Å². The summed E-state index contributed by atoms with van der Waals surface area (Å²) in [7, 11) is 0. The van der Waals surface area contributed by atoms with Gasteiger partial charge in [0.15, 0.2) is 4.34 Å². The first kappa shape index (κ1) is 12.9. The third kappa shape index (κ3) is 2.74. The van der Waals surface area contributed by atoms with Crippen LogP contribution in [0.15, 0.2) is 4.34 Å². The van der Waals surface area contributed by atoms with Crippen LogP contribution in [0.3, 0.4) is 0 Å². The van der Waals surface area contributed by atoms with Crippen LogP contribution in [0.4, 0.5) is 5.13 Å². The summed E-state index contributed by atoms with van der Waals surface area (Å²) in [6.45, 7) is 0. The second-order valence-corrected chi connectivity index (χ2v) is 7.03. The number of carbonyl (C=O) groups is 2. The van der Waals surface area contributed by atoms with Gasteiger partial charge in [0.1, 0.15) is 0 Å². The van der Waals surface area contributed by atoms with E-state index in [1.165, 1.54) is 30.6 Å². The Hall–Kier alpha value is -1.15. The van der Waals surface area contributed by atoms with Crippen molar-refractivity contribution in [2.45, 2.75) is 23.6 Å². The van der Waals surface area contributed by atoms with Crippen LogP contribution >= 0.6 is 23.1 Å². The van der Waals surface area contributed by atoms with Gasteiger partial charge in [0, 0.05) is 5.92 Å². The molecule has 2 unspecified atom stereocenters. The van der Waals surface area contributed by atoms with Crippen LogP contribution in [0.1, 0.15) is 19.3 Å². The maximum absolute atomic E-state index is 12.0. The molecule has 3 rings (SSSR count). The summed E-state index contributed by atoms with van der Waals surface area (Å²) in [5, 5.41) is 19.5. The number of carbonyl (C=O) groups excluding carboxylic acids is 1.